The van der Waals surface area contributed by atoms with Crippen LogP contribution < -0.4 is 4.74 Å². The van der Waals surface area contributed by atoms with Gasteiger partial charge in [-0.25, -0.2) is 0 Å². The molecular formula is C10H12O4. The number of ether oxygens (including phenoxy) is 1. The standard InChI is InChI=1S/C9H8O3.CH4O/c10-4-5-12-9-3-1-2-8(6-9)7-11;1-2/h1-4,6-7H,5H2;2H,1H3. The molecule has 0 spiro atoms. The van der Waals surface area contributed by atoms with Crippen LogP contribution in [0.2, 0.25) is 0 Å². The summed E-state index contributed by atoms with van der Waals surface area (Å²) in [4.78, 5) is 20.2. The average Bonchev–Trinajstić information content (AvgIpc) is 2.29. The van der Waals surface area contributed by atoms with Crippen LogP contribution in [0, 0.1) is 0 Å². The van der Waals surface area contributed by atoms with E-state index in [4.69, 9.17) is 9.84 Å². The van der Waals surface area contributed by atoms with Crippen molar-refractivity contribution in [3.8, 4) is 5.75 Å². The molecule has 0 atom stereocenters. The summed E-state index contributed by atoms with van der Waals surface area (Å²) in [5, 5.41) is 7.00. The SMILES string of the molecule is CO.O=CCOc1cccc(C=O)c1. The van der Waals surface area contributed by atoms with E-state index in [2.05, 4.69) is 0 Å². The van der Waals surface area contributed by atoms with Gasteiger partial charge in [0.15, 0.2) is 6.29 Å². The maximum absolute atomic E-state index is 10.3. The minimum absolute atomic E-state index is 0.0162. The number of aliphatic hydroxyl groups is 1. The van der Waals surface area contributed by atoms with Crippen LogP contribution in [-0.4, -0.2) is 31.4 Å². The molecule has 0 radical (unpaired) electrons. The molecule has 4 heteroatoms. The molecule has 14 heavy (non-hydrogen) atoms. The van der Waals surface area contributed by atoms with E-state index >= 15 is 0 Å². The summed E-state index contributed by atoms with van der Waals surface area (Å²) in [6.07, 6.45) is 1.39. The zero-order valence-electron chi connectivity index (χ0n) is 7.84. The van der Waals surface area contributed by atoms with Crippen molar-refractivity contribution in [1.82, 2.24) is 0 Å². The molecular weight excluding hydrogens is 184 g/mol. The zero-order valence-corrected chi connectivity index (χ0v) is 7.84. The Kier molecular flexibility index (Phi) is 6.99. The van der Waals surface area contributed by atoms with Gasteiger partial charge in [-0.2, -0.15) is 0 Å². The highest BCUT2D eigenvalue weighted by molar-refractivity contribution is 5.75. The summed E-state index contributed by atoms with van der Waals surface area (Å²) in [6.45, 7) is 0.0162. The molecule has 0 aliphatic carbocycles. The molecule has 4 nitrogen and oxygen atoms in total. The molecule has 0 bridgehead atoms. The predicted molar refractivity (Wildman–Crippen MR) is 51.5 cm³/mol. The van der Waals surface area contributed by atoms with Gasteiger partial charge >= 0.3 is 0 Å². The summed E-state index contributed by atoms with van der Waals surface area (Å²) in [6, 6.07) is 6.64. The molecule has 0 aromatic heterocycles. The molecule has 0 fully saturated rings. The van der Waals surface area contributed by atoms with Crippen molar-refractivity contribution in [3.05, 3.63) is 29.8 Å². The summed E-state index contributed by atoms with van der Waals surface area (Å²) in [5.74, 6) is 0.534. The van der Waals surface area contributed by atoms with Crippen LogP contribution in [0.15, 0.2) is 24.3 Å². The Morgan fingerprint density at radius 3 is 2.64 bits per heavy atom. The molecule has 0 amide bonds. The van der Waals surface area contributed by atoms with Gasteiger partial charge in [-0.05, 0) is 12.1 Å². The lowest BCUT2D eigenvalue weighted by atomic mass is 10.2. The highest BCUT2D eigenvalue weighted by Crippen LogP contribution is 2.10. The Balaban J connectivity index is 0.000000791. The van der Waals surface area contributed by atoms with Crippen LogP contribution in [0.3, 0.4) is 0 Å². The van der Waals surface area contributed by atoms with Gasteiger partial charge in [0.1, 0.15) is 18.6 Å². The Labute approximate surface area is 82.1 Å². The highest BCUT2D eigenvalue weighted by Gasteiger charge is 1.93. The minimum Gasteiger partial charge on any atom is -0.486 e. The molecule has 0 saturated heterocycles. The summed E-state index contributed by atoms with van der Waals surface area (Å²) in [7, 11) is 1.00. The van der Waals surface area contributed by atoms with Gasteiger partial charge in [0, 0.05) is 12.7 Å². The Morgan fingerprint density at radius 2 is 2.07 bits per heavy atom. The number of rotatable bonds is 4. The van der Waals surface area contributed by atoms with E-state index in [0.29, 0.717) is 17.6 Å². The third-order valence-electron chi connectivity index (χ3n) is 1.31. The second-order valence-electron chi connectivity index (χ2n) is 2.17. The average molecular weight is 196 g/mol. The first-order valence-electron chi connectivity index (χ1n) is 3.93. The van der Waals surface area contributed by atoms with Crippen LogP contribution in [0.5, 0.6) is 5.75 Å². The van der Waals surface area contributed by atoms with Gasteiger partial charge in [0.05, 0.1) is 0 Å². The van der Waals surface area contributed by atoms with Crippen LogP contribution in [-0.2, 0) is 4.79 Å². The first kappa shape index (κ1) is 12.3. The molecule has 1 aromatic rings. The molecule has 0 heterocycles. The maximum atomic E-state index is 10.3. The predicted octanol–water partition coefficient (Wildman–Crippen LogP) is 0.685. The van der Waals surface area contributed by atoms with Crippen molar-refractivity contribution in [3.63, 3.8) is 0 Å². The molecule has 1 rings (SSSR count). The second kappa shape index (κ2) is 7.94. The number of hydrogen-bond acceptors (Lipinski definition) is 4. The normalized spacial score (nSPS) is 8.14. The monoisotopic (exact) mass is 196 g/mol. The molecule has 0 aliphatic rings. The van der Waals surface area contributed by atoms with Crippen LogP contribution in [0.25, 0.3) is 0 Å². The van der Waals surface area contributed by atoms with E-state index < -0.39 is 0 Å². The van der Waals surface area contributed by atoms with Gasteiger partial charge in [-0.3, -0.25) is 9.59 Å². The lowest BCUT2D eigenvalue weighted by Gasteiger charge is -2.00. The Bertz CT molecular complexity index is 283. The fourth-order valence-corrected chi connectivity index (χ4v) is 0.808. The van der Waals surface area contributed by atoms with Crippen LogP contribution in [0.1, 0.15) is 10.4 Å². The van der Waals surface area contributed by atoms with Gasteiger partial charge < -0.3 is 9.84 Å². The minimum atomic E-state index is 0.0162. The van der Waals surface area contributed by atoms with E-state index in [9.17, 15) is 9.59 Å². The van der Waals surface area contributed by atoms with E-state index in [1.54, 1.807) is 24.3 Å². The number of hydrogen-bond donors (Lipinski definition) is 1. The molecule has 1 aromatic carbocycles. The lowest BCUT2D eigenvalue weighted by Crippen LogP contribution is -1.97. The summed E-state index contributed by atoms with van der Waals surface area (Å²) >= 11 is 0. The quantitative estimate of drug-likeness (QED) is 0.719. The Hall–Kier alpha value is -1.68. The molecule has 1 N–H and O–H groups in total. The Morgan fingerprint density at radius 1 is 1.36 bits per heavy atom. The van der Waals surface area contributed by atoms with E-state index in [-0.39, 0.29) is 6.61 Å². The number of carbonyl (C=O) groups excluding carboxylic acids is 2. The molecule has 0 aliphatic heterocycles. The largest absolute Gasteiger partial charge is 0.486 e. The molecule has 76 valence electrons. The molecule has 0 unspecified atom stereocenters. The summed E-state index contributed by atoms with van der Waals surface area (Å²) in [5.41, 5.74) is 0.540. The van der Waals surface area contributed by atoms with Gasteiger partial charge in [-0.15, -0.1) is 0 Å². The second-order valence-corrected chi connectivity index (χ2v) is 2.17. The number of aldehydes is 2. The van der Waals surface area contributed by atoms with Crippen LogP contribution >= 0.6 is 0 Å². The third-order valence-corrected chi connectivity index (χ3v) is 1.31. The number of benzene rings is 1. The first-order valence-corrected chi connectivity index (χ1v) is 3.93. The van der Waals surface area contributed by atoms with E-state index in [1.807, 2.05) is 0 Å². The zero-order chi connectivity index (χ0) is 10.8. The van der Waals surface area contributed by atoms with Crippen molar-refractivity contribution in [1.29, 1.82) is 0 Å². The molecule has 0 saturated carbocycles. The van der Waals surface area contributed by atoms with Crippen molar-refractivity contribution < 1.29 is 19.4 Å². The van der Waals surface area contributed by atoms with Crippen molar-refractivity contribution in [2.24, 2.45) is 0 Å². The van der Waals surface area contributed by atoms with Crippen LogP contribution in [0.4, 0.5) is 0 Å². The van der Waals surface area contributed by atoms with Gasteiger partial charge in [0.2, 0.25) is 0 Å². The van der Waals surface area contributed by atoms with Crippen molar-refractivity contribution >= 4 is 12.6 Å². The van der Waals surface area contributed by atoms with E-state index in [0.717, 1.165) is 13.4 Å². The lowest BCUT2D eigenvalue weighted by molar-refractivity contribution is -0.109. The number of carbonyl (C=O) groups is 2. The third kappa shape index (κ3) is 4.37. The van der Waals surface area contributed by atoms with Gasteiger partial charge in [-0.1, -0.05) is 12.1 Å². The topological polar surface area (TPSA) is 63.6 Å². The number of aliphatic hydroxyl groups excluding tert-OH is 1. The smallest absolute Gasteiger partial charge is 0.157 e. The van der Waals surface area contributed by atoms with E-state index in [1.165, 1.54) is 0 Å². The van der Waals surface area contributed by atoms with Crippen molar-refractivity contribution in [2.45, 2.75) is 0 Å². The highest BCUT2D eigenvalue weighted by atomic mass is 16.5. The fraction of sp³-hybridized carbons (Fsp3) is 0.200. The van der Waals surface area contributed by atoms with Gasteiger partial charge in [0.25, 0.3) is 0 Å². The van der Waals surface area contributed by atoms with Crippen molar-refractivity contribution in [2.75, 3.05) is 13.7 Å². The first-order chi connectivity index (χ1) is 6.86. The maximum Gasteiger partial charge on any atom is 0.157 e. The summed E-state index contributed by atoms with van der Waals surface area (Å²) < 4.78 is 4.97. The fourth-order valence-electron chi connectivity index (χ4n) is 0.808.